The van der Waals surface area contributed by atoms with E-state index in [2.05, 4.69) is 0 Å². The van der Waals surface area contributed by atoms with Crippen LogP contribution in [0.15, 0.2) is 0 Å². The predicted molar refractivity (Wildman–Crippen MR) is 155 cm³/mol. The smallest absolute Gasteiger partial charge is 0.327 e. The van der Waals surface area contributed by atoms with Gasteiger partial charge in [-0.1, -0.05) is 55.4 Å². The molecular weight excluding hydrogens is 516 g/mol. The summed E-state index contributed by atoms with van der Waals surface area (Å²) in [6.45, 7) is 17.4. The van der Waals surface area contributed by atoms with Crippen LogP contribution in [0.4, 0.5) is 0 Å². The summed E-state index contributed by atoms with van der Waals surface area (Å²) in [5, 5.41) is 19.7. The molecule has 0 saturated heterocycles. The zero-order chi connectivity index (χ0) is 30.9. The summed E-state index contributed by atoms with van der Waals surface area (Å²) in [5.74, 6) is -4.69. The molecule has 0 amide bonds. The summed E-state index contributed by atoms with van der Waals surface area (Å²) >= 11 is 0. The van der Waals surface area contributed by atoms with E-state index in [0.717, 1.165) is 12.8 Å². The maximum Gasteiger partial charge on any atom is 0.327 e. The average Bonchev–Trinajstić information content (AvgIpc) is 2.93. The first-order chi connectivity index (χ1) is 19.0. The molecule has 40 heavy (non-hydrogen) atoms. The topological polar surface area (TPSA) is 134 Å². The Hall–Kier alpha value is -2.20. The lowest BCUT2D eigenvalue weighted by atomic mass is 9.78. The van der Waals surface area contributed by atoms with Gasteiger partial charge < -0.3 is 19.7 Å². The van der Waals surface area contributed by atoms with E-state index in [9.17, 15) is 29.4 Å². The van der Waals surface area contributed by atoms with E-state index >= 15 is 0 Å². The third-order valence-electron chi connectivity index (χ3n) is 8.51. The molecule has 0 aromatic carbocycles. The molecule has 0 radical (unpaired) electrons. The van der Waals surface area contributed by atoms with Crippen LogP contribution in [0.5, 0.6) is 0 Å². The molecule has 234 valence electrons. The Bertz CT molecular complexity index is 720. The highest BCUT2D eigenvalue weighted by Crippen LogP contribution is 2.34. The van der Waals surface area contributed by atoms with E-state index in [1.807, 2.05) is 51.3 Å². The van der Waals surface area contributed by atoms with E-state index in [-0.39, 0.29) is 13.2 Å². The van der Waals surface area contributed by atoms with Crippen LogP contribution in [0.2, 0.25) is 0 Å². The van der Waals surface area contributed by atoms with Crippen molar-refractivity contribution in [3.63, 3.8) is 0 Å². The molecule has 2 N–H and O–H groups in total. The largest absolute Gasteiger partial charge is 0.481 e. The van der Waals surface area contributed by atoms with Gasteiger partial charge >= 0.3 is 23.9 Å². The molecule has 0 saturated carbocycles. The summed E-state index contributed by atoms with van der Waals surface area (Å²) in [4.78, 5) is 54.5. The van der Waals surface area contributed by atoms with Crippen LogP contribution in [0, 0.1) is 11.8 Å². The van der Waals surface area contributed by atoms with Crippen molar-refractivity contribution in [2.75, 3.05) is 39.4 Å². The minimum Gasteiger partial charge on any atom is -0.481 e. The number of nitrogens with zero attached hydrogens (tertiary/aromatic N) is 2. The van der Waals surface area contributed by atoms with Crippen LogP contribution in [0.25, 0.3) is 0 Å². The van der Waals surface area contributed by atoms with Crippen molar-refractivity contribution in [2.24, 2.45) is 11.8 Å². The summed E-state index contributed by atoms with van der Waals surface area (Å²) in [5.41, 5.74) is -2.41. The number of aliphatic carboxylic acids is 2. The van der Waals surface area contributed by atoms with Gasteiger partial charge in [0.05, 0.1) is 25.0 Å². The van der Waals surface area contributed by atoms with Crippen molar-refractivity contribution in [1.29, 1.82) is 0 Å². The quantitative estimate of drug-likeness (QED) is 0.129. The van der Waals surface area contributed by atoms with Crippen molar-refractivity contribution >= 4 is 23.9 Å². The number of hydrogen-bond acceptors (Lipinski definition) is 8. The molecule has 0 heterocycles. The number of unbranched alkanes of at least 4 members (excludes halogenated alkanes) is 3. The fourth-order valence-electron chi connectivity index (χ4n) is 6.36. The maximum atomic E-state index is 13.3. The van der Waals surface area contributed by atoms with E-state index in [0.29, 0.717) is 64.7 Å². The lowest BCUT2D eigenvalue weighted by Gasteiger charge is -2.43. The number of carbonyl (C=O) groups is 4. The molecule has 0 aliphatic heterocycles. The van der Waals surface area contributed by atoms with Gasteiger partial charge in [0.15, 0.2) is 0 Å². The first-order valence-corrected chi connectivity index (χ1v) is 15.3. The van der Waals surface area contributed by atoms with Crippen LogP contribution < -0.4 is 0 Å². The molecule has 0 aliphatic carbocycles. The second-order valence-corrected chi connectivity index (χ2v) is 10.2. The third-order valence-corrected chi connectivity index (χ3v) is 8.51. The lowest BCUT2D eigenvalue weighted by molar-refractivity contribution is -0.172. The normalized spacial score (nSPS) is 16.1. The summed E-state index contributed by atoms with van der Waals surface area (Å²) in [6.07, 6.45) is 4.04. The number of ether oxygens (including phenoxy) is 2. The molecule has 0 rings (SSSR count). The Balaban J connectivity index is 5.08. The number of esters is 2. The van der Waals surface area contributed by atoms with Crippen LogP contribution in [-0.2, 0) is 28.7 Å². The van der Waals surface area contributed by atoms with Crippen molar-refractivity contribution in [3.8, 4) is 0 Å². The Kier molecular flexibility index (Phi) is 18.0. The fraction of sp³-hybridized carbons (Fsp3) is 0.867. The minimum atomic E-state index is -1.21. The zero-order valence-electron chi connectivity index (χ0n) is 26.3. The molecule has 0 aromatic rings. The van der Waals surface area contributed by atoms with E-state index in [4.69, 9.17) is 9.47 Å². The van der Waals surface area contributed by atoms with Gasteiger partial charge in [-0.3, -0.25) is 29.0 Å². The first kappa shape index (κ1) is 37.8. The van der Waals surface area contributed by atoms with Gasteiger partial charge in [-0.05, 0) is 77.5 Å². The Morgan fingerprint density at radius 2 is 0.875 bits per heavy atom. The molecule has 10 nitrogen and oxygen atoms in total. The van der Waals surface area contributed by atoms with E-state index in [1.165, 1.54) is 0 Å². The van der Waals surface area contributed by atoms with E-state index in [1.54, 1.807) is 13.8 Å². The molecular formula is C30H56N2O8. The first-order valence-electron chi connectivity index (χ1n) is 15.3. The molecule has 0 spiro atoms. The van der Waals surface area contributed by atoms with Gasteiger partial charge in [0, 0.05) is 0 Å². The van der Waals surface area contributed by atoms with Gasteiger partial charge in [-0.15, -0.1) is 0 Å². The molecule has 0 fully saturated rings. The Morgan fingerprint density at radius 1 is 0.575 bits per heavy atom. The van der Waals surface area contributed by atoms with Crippen molar-refractivity contribution < 1.29 is 38.9 Å². The third kappa shape index (κ3) is 8.65. The second-order valence-electron chi connectivity index (χ2n) is 10.2. The molecule has 0 aliphatic rings. The van der Waals surface area contributed by atoms with Gasteiger partial charge in [0.25, 0.3) is 0 Å². The Labute approximate surface area is 241 Å². The monoisotopic (exact) mass is 572 g/mol. The van der Waals surface area contributed by atoms with Crippen LogP contribution in [0.3, 0.4) is 0 Å². The number of carboxylic acid groups (broad SMARTS) is 2. The van der Waals surface area contributed by atoms with Crippen molar-refractivity contribution in [2.45, 2.75) is 118 Å². The van der Waals surface area contributed by atoms with Crippen LogP contribution in [0.1, 0.15) is 107 Å². The molecule has 0 bridgehead atoms. The summed E-state index contributed by atoms with van der Waals surface area (Å²) in [7, 11) is 0. The standard InChI is InChI=1S/C30H56N2O8/c1-9-23(25(33)34)29(11-3,31(13-5)14-6)27(37)39-21-19-17-18-20-22-40-28(38)30(12-4,32(15-7)16-8)24(10-2)26(35)36/h23-24H,9-22H2,1-8H3,(H,33,34)(H,35,36)/t23?,24?,29-,30-/m0/s1. The molecule has 4 atom stereocenters. The average molecular weight is 573 g/mol. The molecule has 2 unspecified atom stereocenters. The van der Waals surface area contributed by atoms with E-state index < -0.39 is 46.8 Å². The van der Waals surface area contributed by atoms with Crippen molar-refractivity contribution in [1.82, 2.24) is 9.80 Å². The number of carbonyl (C=O) groups excluding carboxylic acids is 2. The number of likely N-dealkylation sites (N-methyl/N-ethyl adjacent to an activating group) is 2. The fourth-order valence-corrected chi connectivity index (χ4v) is 6.36. The summed E-state index contributed by atoms with van der Waals surface area (Å²) < 4.78 is 11.3. The maximum absolute atomic E-state index is 13.3. The number of carboxylic acids is 2. The van der Waals surface area contributed by atoms with Gasteiger partial charge in [0.2, 0.25) is 0 Å². The molecule has 10 heteroatoms. The highest BCUT2D eigenvalue weighted by atomic mass is 16.5. The van der Waals surface area contributed by atoms with Gasteiger partial charge in [0.1, 0.15) is 11.1 Å². The van der Waals surface area contributed by atoms with Crippen LogP contribution >= 0.6 is 0 Å². The minimum absolute atomic E-state index is 0.190. The zero-order valence-corrected chi connectivity index (χ0v) is 26.3. The van der Waals surface area contributed by atoms with Crippen LogP contribution in [-0.4, -0.2) is 94.4 Å². The second kappa shape index (κ2) is 19.0. The number of rotatable bonds is 23. The SMILES string of the molecule is CCC(C(=O)O)[C@@](CC)(C(=O)OCCCCCCOC(=O)[C@](CC)(C(CC)C(=O)O)N(CC)CC)N(CC)CC. The molecule has 0 aromatic heterocycles. The summed E-state index contributed by atoms with van der Waals surface area (Å²) in [6, 6.07) is 0. The van der Waals surface area contributed by atoms with Crippen molar-refractivity contribution in [3.05, 3.63) is 0 Å². The van der Waals surface area contributed by atoms with Gasteiger partial charge in [-0.25, -0.2) is 0 Å². The predicted octanol–water partition coefficient (Wildman–Crippen LogP) is 4.84. The number of hydrogen-bond donors (Lipinski definition) is 2. The lowest BCUT2D eigenvalue weighted by Crippen LogP contribution is -2.61. The highest BCUT2D eigenvalue weighted by molar-refractivity contribution is 5.89. The Morgan fingerprint density at radius 3 is 1.07 bits per heavy atom. The highest BCUT2D eigenvalue weighted by Gasteiger charge is 2.53. The van der Waals surface area contributed by atoms with Gasteiger partial charge in [-0.2, -0.15) is 0 Å².